The number of morpholine rings is 1. The maximum absolute atomic E-state index is 13.3. The summed E-state index contributed by atoms with van der Waals surface area (Å²) in [5, 5.41) is 14.3. The zero-order valence-electron chi connectivity index (χ0n) is 75.3. The van der Waals surface area contributed by atoms with Gasteiger partial charge in [0.25, 0.3) is 10.1 Å². The van der Waals surface area contributed by atoms with E-state index in [-0.39, 0.29) is 82.9 Å². The lowest BCUT2D eigenvalue weighted by Gasteiger charge is -2.28. The molecule has 23 nitrogen and oxygen atoms in total. The van der Waals surface area contributed by atoms with Gasteiger partial charge in [0, 0.05) is 139 Å². The molecule has 758 valence electrons. The third-order valence-electron chi connectivity index (χ3n) is 23.8. The molecule has 7 fully saturated rings. The van der Waals surface area contributed by atoms with E-state index in [0.29, 0.717) is 134 Å². The summed E-state index contributed by atoms with van der Waals surface area (Å²) in [6, 6.07) is 53.4. The van der Waals surface area contributed by atoms with Gasteiger partial charge in [-0.05, 0) is 229 Å². The molecular weight excluding hydrogens is 2020 g/mol. The first-order valence-electron chi connectivity index (χ1n) is 44.3. The summed E-state index contributed by atoms with van der Waals surface area (Å²) in [5.74, 6) is 0. The van der Waals surface area contributed by atoms with Gasteiger partial charge in [0.2, 0.25) is 0 Å². The first kappa shape index (κ1) is 108. The number of anilines is 5. The lowest BCUT2D eigenvalue weighted by molar-refractivity contribution is -0.163. The predicted octanol–water partition coefficient (Wildman–Crippen LogP) is 23.8. The molecule has 17 rings (SSSR count). The van der Waals surface area contributed by atoms with E-state index in [4.69, 9.17) is 81.5 Å². The number of hydrogen-bond donors (Lipinski definition) is 2. The lowest BCUT2D eigenvalue weighted by atomic mass is 10.0. The number of halogens is 20. The minimum atomic E-state index is -4.52. The molecule has 0 saturated carbocycles. The number of rotatable bonds is 23. The summed E-state index contributed by atoms with van der Waals surface area (Å²) >= 11 is 29.6. The number of urea groups is 5. The van der Waals surface area contributed by atoms with Crippen LogP contribution < -0.4 is 29.8 Å². The van der Waals surface area contributed by atoms with Crippen molar-refractivity contribution in [2.45, 2.75) is 86.6 Å². The van der Waals surface area contributed by atoms with Crippen LogP contribution in [0.3, 0.4) is 0 Å². The Hall–Kier alpha value is -11.3. The van der Waals surface area contributed by atoms with E-state index in [1.54, 1.807) is 160 Å². The van der Waals surface area contributed by atoms with Crippen LogP contribution in [0.4, 0.5) is 118 Å². The van der Waals surface area contributed by atoms with Crippen molar-refractivity contribution in [3.63, 3.8) is 0 Å². The van der Waals surface area contributed by atoms with Crippen molar-refractivity contribution in [3.05, 3.63) is 323 Å². The van der Waals surface area contributed by atoms with Crippen LogP contribution in [0, 0.1) is 0 Å². The highest BCUT2D eigenvalue weighted by molar-refractivity contribution is 7.86. The molecule has 44 heteroatoms. The van der Waals surface area contributed by atoms with E-state index in [2.05, 4.69) is 10.2 Å². The zero-order chi connectivity index (χ0) is 102. The van der Waals surface area contributed by atoms with E-state index in [1.807, 2.05) is 0 Å². The third kappa shape index (κ3) is 28.2. The molecule has 10 amide bonds. The van der Waals surface area contributed by atoms with Crippen LogP contribution in [0.25, 0.3) is 0 Å². The van der Waals surface area contributed by atoms with Crippen molar-refractivity contribution in [3.8, 4) is 0 Å². The first-order chi connectivity index (χ1) is 67.3. The highest BCUT2D eigenvalue weighted by Gasteiger charge is 2.47. The highest BCUT2D eigenvalue weighted by Crippen LogP contribution is 2.45. The Balaban J connectivity index is 0.000000150. The molecule has 6 atom stereocenters. The molecule has 7 aliphatic rings. The number of ether oxygens (including phenoxy) is 3. The molecule has 0 spiro atoms. The molecule has 7 aliphatic heterocycles. The predicted molar refractivity (Wildman–Crippen MR) is 507 cm³/mol. The summed E-state index contributed by atoms with van der Waals surface area (Å²) in [7, 11) is -3.68. The average molecular weight is 2110 g/mol. The molecule has 10 aromatic carbocycles. The van der Waals surface area contributed by atoms with Gasteiger partial charge in [-0.15, -0.1) is 0 Å². The SMILES string of the molecule is CS(=O)(=O)OCCN1C[C@H](c2cccc(C(F)(F)F)c2)N(c2ccc(Cl)cc2)C1=O.O=C1N(CCN2CCOCC2)C[C@H](c2cccc(C(F)(F)F)c2)N1c1ccc(Cl)cc1.O=C1N(CCO)C[C@H](c2cccc(C(F)(F)F)c2)N1c1ccc(Cl)cc1.O=C1N(CCOC2CCCCO2)C[C@H](c2cccc(C(F)(F)F)c2)N1c1ccc(Cl)cc1.O=C1NC[C@H](c2cccc(C(F)(F)F)c2)N1c1ccc(Cl)cc1. The largest absolute Gasteiger partial charge is 0.416 e. The Morgan fingerprint density at radius 1 is 0.366 bits per heavy atom. The van der Waals surface area contributed by atoms with Crippen LogP contribution in [-0.2, 0) is 59.4 Å². The second-order valence-corrected chi connectivity index (χ2v) is 37.2. The van der Waals surface area contributed by atoms with Gasteiger partial charge >= 0.3 is 61.0 Å². The van der Waals surface area contributed by atoms with Gasteiger partial charge in [0.05, 0.1) is 97.3 Å². The summed E-state index contributed by atoms with van der Waals surface area (Å²) in [5.41, 5.74) is 0.936. The minimum Gasteiger partial charge on any atom is -0.395 e. The van der Waals surface area contributed by atoms with Gasteiger partial charge in [-0.25, -0.2) is 24.0 Å². The van der Waals surface area contributed by atoms with Crippen molar-refractivity contribution < 1.29 is 122 Å². The van der Waals surface area contributed by atoms with E-state index >= 15 is 0 Å². The number of benzene rings is 10. The molecule has 142 heavy (non-hydrogen) atoms. The Labute approximate surface area is 832 Å². The Morgan fingerprint density at radius 3 is 0.944 bits per heavy atom. The molecule has 7 saturated heterocycles. The molecule has 7 heterocycles. The van der Waals surface area contributed by atoms with Gasteiger partial charge in [0.15, 0.2) is 6.29 Å². The highest BCUT2D eigenvalue weighted by atomic mass is 35.5. The van der Waals surface area contributed by atoms with Gasteiger partial charge < -0.3 is 44.2 Å². The quantitative estimate of drug-likeness (QED) is 0.0450. The third-order valence-corrected chi connectivity index (χ3v) is 25.7. The molecule has 0 radical (unpaired) electrons. The van der Waals surface area contributed by atoms with E-state index in [1.165, 1.54) is 65.8 Å². The fourth-order valence-corrected chi connectivity index (χ4v) is 17.9. The van der Waals surface area contributed by atoms with Crippen molar-refractivity contribution in [1.82, 2.24) is 29.8 Å². The number of nitrogens with one attached hydrogen (secondary N) is 1. The summed E-state index contributed by atoms with van der Waals surface area (Å²) in [4.78, 5) is 79.9. The number of amides is 10. The lowest BCUT2D eigenvalue weighted by Crippen LogP contribution is -2.42. The van der Waals surface area contributed by atoms with E-state index in [9.17, 15) is 98.2 Å². The van der Waals surface area contributed by atoms with Crippen molar-refractivity contribution in [2.75, 3.05) is 149 Å². The van der Waals surface area contributed by atoms with Crippen LogP contribution in [-0.4, -0.2) is 199 Å². The van der Waals surface area contributed by atoms with Gasteiger partial charge in [-0.2, -0.15) is 74.3 Å². The van der Waals surface area contributed by atoms with Gasteiger partial charge in [-0.3, -0.25) is 33.6 Å². The summed E-state index contributed by atoms with van der Waals surface area (Å²) in [6.07, 6.45) is -18.8. The second-order valence-electron chi connectivity index (χ2n) is 33.4. The molecule has 0 aromatic heterocycles. The van der Waals surface area contributed by atoms with Crippen LogP contribution in [0.5, 0.6) is 0 Å². The van der Waals surface area contributed by atoms with Crippen LogP contribution in [0.15, 0.2) is 243 Å². The van der Waals surface area contributed by atoms with Gasteiger partial charge in [-0.1, -0.05) is 119 Å². The number of carbonyl (C=O) groups is 5. The van der Waals surface area contributed by atoms with E-state index in [0.717, 1.165) is 99.3 Å². The minimum absolute atomic E-state index is 0.0363. The Bertz CT molecular complexity index is 6110. The standard InChI is InChI=1S/C23H24ClF3N2O3.C22H23ClF3N3O2.C19H18ClF3N2O4S.C18H16ClF3N2O2.C16H12ClF3N2O/c24-18-7-9-19(10-8-18)29-20(16-4-3-5-17(14-16)23(25,26)27)15-28(22(29)30)11-13-32-21-6-1-2-12-31-21;23-18-4-6-19(7-5-18)29-20(16-2-1-3-17(14-16)22(24,25)26)15-28(21(29)30)9-8-27-10-12-31-13-11-27;1-30(27,28)29-10-9-24-12-17(13-3-2-4-14(11-13)19(21,22)23)25(18(24)26)16-7-5-15(20)6-8-16;19-14-4-6-15(7-5-14)24-16(11-23(8-9-25)17(24)26)12-2-1-3-13(10-12)18(20,21)22;17-12-4-6-13(7-5-12)22-14(9-21-15(22)23)10-2-1-3-11(8-10)16(18,19)20/h3-5,7-10,14,20-21H,1-2,6,11-13,15H2;1-7,14,20H,8-13,15H2;2-8,11,17H,9-10,12H2,1H3;1-7,10,16,25H,8-9,11H2;1-8,14H,9H2,(H,21,23)/t20-,21?;20-;17-;16-;14-/m11111/s1. The second kappa shape index (κ2) is 47.0. The smallest absolute Gasteiger partial charge is 0.395 e. The fourth-order valence-electron chi connectivity index (χ4n) is 16.9. The number of hydrogen-bond acceptors (Lipinski definition) is 13. The van der Waals surface area contributed by atoms with Crippen LogP contribution in [0.2, 0.25) is 25.1 Å². The van der Waals surface area contributed by atoms with Gasteiger partial charge in [0.1, 0.15) is 0 Å². The van der Waals surface area contributed by atoms with Crippen LogP contribution in [0.1, 0.15) is 105 Å². The number of aliphatic hydroxyl groups is 1. The molecule has 0 bridgehead atoms. The average Bonchev–Trinajstić information content (AvgIpc) is 1.64. The van der Waals surface area contributed by atoms with Crippen molar-refractivity contribution in [1.29, 1.82) is 0 Å². The Morgan fingerprint density at radius 2 is 0.655 bits per heavy atom. The van der Waals surface area contributed by atoms with Crippen molar-refractivity contribution >= 4 is 127 Å². The van der Waals surface area contributed by atoms with Crippen molar-refractivity contribution in [2.24, 2.45) is 0 Å². The maximum Gasteiger partial charge on any atom is 0.416 e. The zero-order valence-corrected chi connectivity index (χ0v) is 79.9. The van der Waals surface area contributed by atoms with Crippen LogP contribution >= 0.6 is 58.0 Å². The monoisotopic (exact) mass is 2110 g/mol. The number of nitrogens with zero attached hydrogens (tertiary/aromatic N) is 10. The number of alkyl halides is 15. The summed E-state index contributed by atoms with van der Waals surface area (Å²) < 4.78 is 241. The molecule has 2 N–H and O–H groups in total. The number of aliphatic hydroxyl groups excluding tert-OH is 1. The topological polar surface area (TPSA) is 221 Å². The number of β-amino-alcohol motifs (C(OH)–C–C–N with tert-alkyl or cyclic N) is 1. The molecule has 1 unspecified atom stereocenters. The molecular formula is C98H93Cl5F15N11O12S. The summed E-state index contributed by atoms with van der Waals surface area (Å²) in [6.45, 7) is 6.04. The molecule has 0 aliphatic carbocycles. The fraction of sp³-hybridized carbons (Fsp3) is 0.337. The molecule has 10 aromatic rings. The van der Waals surface area contributed by atoms with E-state index < -0.39 is 105 Å². The normalized spacial score (nSPS) is 19.4. The first-order valence-corrected chi connectivity index (χ1v) is 48.0. The Kier molecular flexibility index (Phi) is 35.7. The number of carbonyl (C=O) groups excluding carboxylic acids is 5. The maximum atomic E-state index is 13.3.